The summed E-state index contributed by atoms with van der Waals surface area (Å²) in [5.74, 6) is -0.653. The third kappa shape index (κ3) is 6.22. The SMILES string of the molecule is O=C(CCCN1CCN(Cc2ccc(F)cc2)C(=O)C1=O)N1CCC(Cc2ccccc2)CC1. The van der Waals surface area contributed by atoms with Gasteiger partial charge in [-0.3, -0.25) is 14.4 Å². The number of piperazine rings is 1. The van der Waals surface area contributed by atoms with E-state index in [1.165, 1.54) is 22.6 Å². The molecule has 0 aromatic heterocycles. The first-order chi connectivity index (χ1) is 16.5. The third-order valence-electron chi connectivity index (χ3n) is 6.84. The van der Waals surface area contributed by atoms with E-state index >= 15 is 0 Å². The molecule has 3 amide bonds. The maximum Gasteiger partial charge on any atom is 0.312 e. The molecule has 2 aliphatic heterocycles. The van der Waals surface area contributed by atoms with Crippen LogP contribution in [0.5, 0.6) is 0 Å². The summed E-state index contributed by atoms with van der Waals surface area (Å²) in [6, 6.07) is 16.4. The zero-order chi connectivity index (χ0) is 23.9. The standard InChI is InChI=1S/C27H32FN3O3/c28-24-10-8-23(9-11-24)20-31-18-17-30(26(33)27(31)34)14-4-7-25(32)29-15-12-22(13-16-29)19-21-5-2-1-3-6-21/h1-3,5-6,8-11,22H,4,7,12-20H2. The van der Waals surface area contributed by atoms with Gasteiger partial charge in [0.1, 0.15) is 5.82 Å². The molecule has 0 N–H and O–H groups in total. The molecule has 0 radical (unpaired) electrons. The highest BCUT2D eigenvalue weighted by atomic mass is 19.1. The van der Waals surface area contributed by atoms with E-state index in [-0.39, 0.29) is 18.3 Å². The van der Waals surface area contributed by atoms with Crippen molar-refractivity contribution in [1.82, 2.24) is 14.7 Å². The van der Waals surface area contributed by atoms with E-state index in [0.717, 1.165) is 37.9 Å². The molecule has 0 aliphatic carbocycles. The van der Waals surface area contributed by atoms with Gasteiger partial charge < -0.3 is 14.7 Å². The number of hydrogen-bond donors (Lipinski definition) is 0. The maximum atomic E-state index is 13.1. The highest BCUT2D eigenvalue weighted by Crippen LogP contribution is 2.22. The molecule has 34 heavy (non-hydrogen) atoms. The van der Waals surface area contributed by atoms with Crippen LogP contribution in [-0.2, 0) is 27.3 Å². The Morgan fingerprint density at radius 3 is 2.18 bits per heavy atom. The number of carbonyl (C=O) groups is 3. The lowest BCUT2D eigenvalue weighted by molar-refractivity contribution is -0.156. The van der Waals surface area contributed by atoms with Crippen molar-refractivity contribution >= 4 is 17.7 Å². The van der Waals surface area contributed by atoms with E-state index < -0.39 is 11.8 Å². The lowest BCUT2D eigenvalue weighted by atomic mass is 9.90. The summed E-state index contributed by atoms with van der Waals surface area (Å²) in [6.45, 7) is 3.16. The molecule has 0 bridgehead atoms. The van der Waals surface area contributed by atoms with Crippen LogP contribution in [0.3, 0.4) is 0 Å². The maximum absolute atomic E-state index is 13.1. The molecule has 180 valence electrons. The number of likely N-dealkylation sites (tertiary alicyclic amines) is 1. The van der Waals surface area contributed by atoms with Gasteiger partial charge in [-0.15, -0.1) is 0 Å². The molecule has 2 aromatic rings. The molecule has 7 heteroatoms. The summed E-state index contributed by atoms with van der Waals surface area (Å²) in [5.41, 5.74) is 2.14. The number of piperidine rings is 1. The van der Waals surface area contributed by atoms with Gasteiger partial charge >= 0.3 is 11.8 Å². The van der Waals surface area contributed by atoms with Crippen molar-refractivity contribution in [2.24, 2.45) is 5.92 Å². The fourth-order valence-corrected chi connectivity index (χ4v) is 4.80. The van der Waals surface area contributed by atoms with Gasteiger partial charge in [0, 0.05) is 45.7 Å². The predicted molar refractivity (Wildman–Crippen MR) is 127 cm³/mol. The topological polar surface area (TPSA) is 60.9 Å². The van der Waals surface area contributed by atoms with Crippen LogP contribution in [-0.4, -0.2) is 65.1 Å². The van der Waals surface area contributed by atoms with Gasteiger partial charge in [-0.2, -0.15) is 0 Å². The molecule has 2 fully saturated rings. The Morgan fingerprint density at radius 1 is 0.824 bits per heavy atom. The number of halogens is 1. The fourth-order valence-electron chi connectivity index (χ4n) is 4.80. The second-order valence-electron chi connectivity index (χ2n) is 9.26. The molecule has 0 unspecified atom stereocenters. The van der Waals surface area contributed by atoms with Crippen LogP contribution < -0.4 is 0 Å². The number of amides is 3. The average Bonchev–Trinajstić information content (AvgIpc) is 2.86. The number of nitrogens with zero attached hydrogens (tertiary/aromatic N) is 3. The van der Waals surface area contributed by atoms with E-state index in [1.54, 1.807) is 17.0 Å². The van der Waals surface area contributed by atoms with Crippen molar-refractivity contribution in [2.75, 3.05) is 32.7 Å². The van der Waals surface area contributed by atoms with Crippen LogP contribution in [0.2, 0.25) is 0 Å². The molecule has 0 spiro atoms. The summed E-state index contributed by atoms with van der Waals surface area (Å²) in [5, 5.41) is 0. The van der Waals surface area contributed by atoms with Crippen molar-refractivity contribution in [3.05, 3.63) is 71.5 Å². The van der Waals surface area contributed by atoms with Crippen LogP contribution in [0, 0.1) is 11.7 Å². The lowest BCUT2D eigenvalue weighted by Gasteiger charge is -2.34. The second-order valence-corrected chi connectivity index (χ2v) is 9.26. The Balaban J connectivity index is 1.16. The van der Waals surface area contributed by atoms with Crippen LogP contribution in [0.15, 0.2) is 54.6 Å². The van der Waals surface area contributed by atoms with Crippen molar-refractivity contribution in [2.45, 2.75) is 38.6 Å². The third-order valence-corrected chi connectivity index (χ3v) is 6.84. The summed E-state index contributed by atoms with van der Waals surface area (Å²) in [7, 11) is 0. The molecule has 4 rings (SSSR count). The van der Waals surface area contributed by atoms with Gasteiger partial charge in [-0.1, -0.05) is 42.5 Å². The number of carbonyl (C=O) groups excluding carboxylic acids is 3. The molecular formula is C27H32FN3O3. The first-order valence-electron chi connectivity index (χ1n) is 12.1. The normalized spacial score (nSPS) is 17.4. The number of hydrogen-bond acceptors (Lipinski definition) is 3. The predicted octanol–water partition coefficient (Wildman–Crippen LogP) is 3.26. The van der Waals surface area contributed by atoms with Gasteiger partial charge in [0.05, 0.1) is 0 Å². The van der Waals surface area contributed by atoms with Crippen molar-refractivity contribution in [3.63, 3.8) is 0 Å². The minimum atomic E-state index is -0.539. The summed E-state index contributed by atoms with van der Waals surface area (Å²) in [6.07, 6.45) is 4.04. The van der Waals surface area contributed by atoms with Crippen LogP contribution >= 0.6 is 0 Å². The van der Waals surface area contributed by atoms with Crippen molar-refractivity contribution in [3.8, 4) is 0 Å². The van der Waals surface area contributed by atoms with Gasteiger partial charge in [0.15, 0.2) is 0 Å². The van der Waals surface area contributed by atoms with E-state index in [4.69, 9.17) is 0 Å². The first-order valence-corrected chi connectivity index (χ1v) is 12.1. The summed E-state index contributed by atoms with van der Waals surface area (Å²) in [4.78, 5) is 42.7. The Hall–Kier alpha value is -3.22. The number of benzene rings is 2. The van der Waals surface area contributed by atoms with Gasteiger partial charge in [-0.05, 0) is 54.9 Å². The molecule has 6 nitrogen and oxygen atoms in total. The summed E-state index contributed by atoms with van der Waals surface area (Å²) < 4.78 is 13.1. The monoisotopic (exact) mass is 465 g/mol. The smallest absolute Gasteiger partial charge is 0.312 e. The van der Waals surface area contributed by atoms with Crippen LogP contribution in [0.1, 0.15) is 36.8 Å². The van der Waals surface area contributed by atoms with E-state index in [0.29, 0.717) is 38.4 Å². The highest BCUT2D eigenvalue weighted by molar-refractivity contribution is 6.35. The molecule has 0 saturated carbocycles. The molecular weight excluding hydrogens is 433 g/mol. The van der Waals surface area contributed by atoms with Crippen LogP contribution in [0.25, 0.3) is 0 Å². The highest BCUT2D eigenvalue weighted by Gasteiger charge is 2.32. The quantitative estimate of drug-likeness (QED) is 0.563. The molecule has 2 aromatic carbocycles. The van der Waals surface area contributed by atoms with E-state index in [1.807, 2.05) is 11.0 Å². The molecule has 2 aliphatic rings. The zero-order valence-corrected chi connectivity index (χ0v) is 19.5. The minimum Gasteiger partial charge on any atom is -0.343 e. The largest absolute Gasteiger partial charge is 0.343 e. The molecule has 0 atom stereocenters. The minimum absolute atomic E-state index is 0.131. The first kappa shape index (κ1) is 23.9. The molecule has 2 saturated heterocycles. The van der Waals surface area contributed by atoms with Crippen molar-refractivity contribution in [1.29, 1.82) is 0 Å². The Kier molecular flexibility index (Phi) is 7.93. The van der Waals surface area contributed by atoms with Gasteiger partial charge in [0.2, 0.25) is 5.91 Å². The van der Waals surface area contributed by atoms with Crippen LogP contribution in [0.4, 0.5) is 4.39 Å². The zero-order valence-electron chi connectivity index (χ0n) is 19.5. The summed E-state index contributed by atoms with van der Waals surface area (Å²) >= 11 is 0. The second kappa shape index (κ2) is 11.3. The number of rotatable bonds is 8. The lowest BCUT2D eigenvalue weighted by Crippen LogP contribution is -2.54. The Morgan fingerprint density at radius 2 is 1.47 bits per heavy atom. The van der Waals surface area contributed by atoms with Gasteiger partial charge in [0.25, 0.3) is 0 Å². The molecule has 2 heterocycles. The Bertz CT molecular complexity index is 988. The van der Waals surface area contributed by atoms with Crippen molar-refractivity contribution < 1.29 is 18.8 Å². The average molecular weight is 466 g/mol. The van der Waals surface area contributed by atoms with Gasteiger partial charge in [-0.25, -0.2) is 4.39 Å². The fraction of sp³-hybridized carbons (Fsp3) is 0.444. The van der Waals surface area contributed by atoms with E-state index in [9.17, 15) is 18.8 Å². The van der Waals surface area contributed by atoms with E-state index in [2.05, 4.69) is 24.3 Å². The Labute approximate surface area is 200 Å².